The summed E-state index contributed by atoms with van der Waals surface area (Å²) in [6.07, 6.45) is 2.10. The number of rotatable bonds is 8. The van der Waals surface area contributed by atoms with Crippen molar-refractivity contribution in [3.63, 3.8) is 0 Å². The molecule has 0 aliphatic carbocycles. The minimum atomic E-state index is -3.22. The quantitative estimate of drug-likeness (QED) is 0.295. The van der Waals surface area contributed by atoms with Gasteiger partial charge >= 0.3 is 13.2 Å². The molecule has 2 amide bonds. The van der Waals surface area contributed by atoms with Crippen molar-refractivity contribution in [2.75, 3.05) is 0 Å². The minimum Gasteiger partial charge on any atom is -0.435 e. The van der Waals surface area contributed by atoms with Gasteiger partial charge in [0.15, 0.2) is 0 Å². The lowest BCUT2D eigenvalue weighted by atomic mass is 10.0. The summed E-state index contributed by atoms with van der Waals surface area (Å²) in [6, 6.07) is 16.2. The Kier molecular flexibility index (Phi) is 7.85. The van der Waals surface area contributed by atoms with Crippen molar-refractivity contribution in [3.05, 3.63) is 77.9 Å². The Morgan fingerprint density at radius 1 is 0.879 bits per heavy atom. The highest BCUT2D eigenvalue weighted by Crippen LogP contribution is 2.28. The van der Waals surface area contributed by atoms with Crippen LogP contribution in [0.25, 0.3) is 16.8 Å². The predicted octanol–water partition coefficient (Wildman–Crippen LogP) is 4.45. The third-order valence-electron chi connectivity index (χ3n) is 4.40. The van der Waals surface area contributed by atoms with Crippen LogP contribution in [-0.4, -0.2) is 25.0 Å². The van der Waals surface area contributed by atoms with Crippen LogP contribution in [0.5, 0.6) is 11.5 Å². The summed E-state index contributed by atoms with van der Waals surface area (Å²) in [4.78, 5) is 24.2. The number of hydrogen-bond acceptors (Lipinski definition) is 4. The average Bonchev–Trinajstić information content (AvgIpc) is 2.76. The molecule has 0 saturated heterocycles. The molecule has 0 unspecified atom stereocenters. The number of benzene rings is 3. The van der Waals surface area contributed by atoms with Gasteiger partial charge in [-0.05, 0) is 34.5 Å². The Labute approximate surface area is 185 Å². The fraction of sp³-hybridized carbons (Fsp3) is 0.130. The molecule has 10 heteroatoms. The zero-order chi connectivity index (χ0) is 23.8. The molecule has 172 valence electrons. The molecule has 3 aromatic carbocycles. The number of amides is 2. The van der Waals surface area contributed by atoms with E-state index in [2.05, 4.69) is 20.3 Å². The van der Waals surface area contributed by atoms with Gasteiger partial charge in [-0.1, -0.05) is 42.5 Å². The number of ether oxygens (including phenoxy) is 2. The molecule has 0 aromatic heterocycles. The van der Waals surface area contributed by atoms with Crippen molar-refractivity contribution in [2.45, 2.75) is 19.6 Å². The zero-order valence-electron chi connectivity index (χ0n) is 16.9. The van der Waals surface area contributed by atoms with Crippen molar-refractivity contribution in [1.82, 2.24) is 10.9 Å². The van der Waals surface area contributed by atoms with Crippen LogP contribution in [0.1, 0.15) is 11.1 Å². The van der Waals surface area contributed by atoms with E-state index >= 15 is 0 Å². The number of halogens is 4. The minimum absolute atomic E-state index is 0.00847. The molecule has 0 heterocycles. The van der Waals surface area contributed by atoms with Gasteiger partial charge in [-0.3, -0.25) is 20.4 Å². The van der Waals surface area contributed by atoms with Gasteiger partial charge < -0.3 is 9.47 Å². The summed E-state index contributed by atoms with van der Waals surface area (Å²) in [7, 11) is 0. The molecule has 0 aliphatic rings. The SMILES string of the molecule is O=C(/C=C/c1ccc(OC(F)F)cc1OC(F)F)NNC(=O)Cc1cccc2ccccc12. The molecule has 0 atom stereocenters. The van der Waals surface area contributed by atoms with E-state index in [-0.39, 0.29) is 17.7 Å². The third kappa shape index (κ3) is 6.96. The molecule has 6 nitrogen and oxygen atoms in total. The first-order valence-electron chi connectivity index (χ1n) is 9.59. The third-order valence-corrected chi connectivity index (χ3v) is 4.40. The first kappa shape index (κ1) is 23.6. The van der Waals surface area contributed by atoms with E-state index in [4.69, 9.17) is 0 Å². The number of hydrogen-bond donors (Lipinski definition) is 2. The number of carbonyl (C=O) groups is 2. The van der Waals surface area contributed by atoms with Crippen LogP contribution in [0.15, 0.2) is 66.7 Å². The zero-order valence-corrected chi connectivity index (χ0v) is 16.9. The van der Waals surface area contributed by atoms with E-state index in [1.165, 1.54) is 0 Å². The first-order valence-corrected chi connectivity index (χ1v) is 9.59. The monoisotopic (exact) mass is 462 g/mol. The van der Waals surface area contributed by atoms with Gasteiger partial charge in [0.05, 0.1) is 6.42 Å². The highest BCUT2D eigenvalue weighted by Gasteiger charge is 2.13. The molecular formula is C23H18F4N2O4. The maximum absolute atomic E-state index is 12.6. The standard InChI is InChI=1S/C23H18F4N2O4/c24-22(25)32-17-10-8-15(19(13-17)33-23(26)27)9-11-20(30)28-29-21(31)12-16-6-3-5-14-4-1-2-7-18(14)16/h1-11,13,22-23H,12H2,(H,28,30)(H,29,31)/b11-9+. The second-order valence-electron chi connectivity index (χ2n) is 6.64. The Bertz CT molecular complexity index is 1160. The Balaban J connectivity index is 1.60. The number of fused-ring (bicyclic) bond motifs is 1. The number of hydrazine groups is 1. The summed E-state index contributed by atoms with van der Waals surface area (Å²) in [5.41, 5.74) is 5.23. The molecule has 0 aliphatic heterocycles. The van der Waals surface area contributed by atoms with Gasteiger partial charge in [-0.2, -0.15) is 17.6 Å². The lowest BCUT2D eigenvalue weighted by Crippen LogP contribution is -2.41. The summed E-state index contributed by atoms with van der Waals surface area (Å²) < 4.78 is 58.3. The van der Waals surface area contributed by atoms with E-state index < -0.39 is 30.8 Å². The van der Waals surface area contributed by atoms with Crippen molar-refractivity contribution >= 4 is 28.7 Å². The highest BCUT2D eigenvalue weighted by atomic mass is 19.3. The number of carbonyl (C=O) groups excluding carboxylic acids is 2. The smallest absolute Gasteiger partial charge is 0.387 e. The molecular weight excluding hydrogens is 444 g/mol. The molecule has 3 rings (SSSR count). The summed E-state index contributed by atoms with van der Waals surface area (Å²) in [5, 5.41) is 1.88. The Hall–Kier alpha value is -4.08. The van der Waals surface area contributed by atoms with Gasteiger partial charge in [0.25, 0.3) is 5.91 Å². The van der Waals surface area contributed by atoms with Crippen molar-refractivity contribution in [2.24, 2.45) is 0 Å². The van der Waals surface area contributed by atoms with Gasteiger partial charge in [0, 0.05) is 17.7 Å². The van der Waals surface area contributed by atoms with Crippen molar-refractivity contribution < 1.29 is 36.6 Å². The summed E-state index contributed by atoms with van der Waals surface area (Å²) in [6.45, 7) is -6.37. The van der Waals surface area contributed by atoms with Crippen LogP contribution >= 0.6 is 0 Å². The fourth-order valence-corrected chi connectivity index (χ4v) is 3.03. The summed E-state index contributed by atoms with van der Waals surface area (Å²) in [5.74, 6) is -2.07. The maximum Gasteiger partial charge on any atom is 0.387 e. The molecule has 0 bridgehead atoms. The number of alkyl halides is 4. The molecule has 2 N–H and O–H groups in total. The van der Waals surface area contributed by atoms with Gasteiger partial charge in [0.2, 0.25) is 5.91 Å². The molecule has 33 heavy (non-hydrogen) atoms. The topological polar surface area (TPSA) is 76.7 Å². The second-order valence-corrected chi connectivity index (χ2v) is 6.64. The second kappa shape index (κ2) is 11.0. The van der Waals surface area contributed by atoms with E-state index in [1.54, 1.807) is 6.07 Å². The van der Waals surface area contributed by atoms with E-state index in [0.717, 1.165) is 46.7 Å². The Morgan fingerprint density at radius 3 is 2.36 bits per heavy atom. The van der Waals surface area contributed by atoms with Gasteiger partial charge in [-0.15, -0.1) is 0 Å². The van der Waals surface area contributed by atoms with E-state index in [1.807, 2.05) is 36.4 Å². The Morgan fingerprint density at radius 2 is 1.61 bits per heavy atom. The normalized spacial score (nSPS) is 11.2. The lowest BCUT2D eigenvalue weighted by molar-refractivity contribution is -0.126. The molecule has 0 fully saturated rings. The van der Waals surface area contributed by atoms with Crippen LogP contribution in [0, 0.1) is 0 Å². The average molecular weight is 462 g/mol. The maximum atomic E-state index is 12.6. The van der Waals surface area contributed by atoms with Gasteiger partial charge in [0.1, 0.15) is 11.5 Å². The van der Waals surface area contributed by atoms with Crippen LogP contribution in [0.2, 0.25) is 0 Å². The van der Waals surface area contributed by atoms with Crippen LogP contribution < -0.4 is 20.3 Å². The predicted molar refractivity (Wildman–Crippen MR) is 113 cm³/mol. The summed E-state index contributed by atoms with van der Waals surface area (Å²) >= 11 is 0. The largest absolute Gasteiger partial charge is 0.435 e. The molecule has 3 aromatic rings. The molecule has 0 radical (unpaired) electrons. The number of nitrogens with one attached hydrogen (secondary N) is 2. The highest BCUT2D eigenvalue weighted by molar-refractivity contribution is 5.94. The van der Waals surface area contributed by atoms with Crippen molar-refractivity contribution in [1.29, 1.82) is 0 Å². The lowest BCUT2D eigenvalue weighted by Gasteiger charge is -2.11. The van der Waals surface area contributed by atoms with Crippen LogP contribution in [0.4, 0.5) is 17.6 Å². The fourth-order valence-electron chi connectivity index (χ4n) is 3.03. The van der Waals surface area contributed by atoms with Crippen LogP contribution in [0.3, 0.4) is 0 Å². The van der Waals surface area contributed by atoms with Crippen LogP contribution in [-0.2, 0) is 16.0 Å². The molecule has 0 spiro atoms. The van der Waals surface area contributed by atoms with E-state index in [0.29, 0.717) is 0 Å². The molecule has 0 saturated carbocycles. The van der Waals surface area contributed by atoms with E-state index in [9.17, 15) is 27.2 Å². The first-order chi connectivity index (χ1) is 15.8. The van der Waals surface area contributed by atoms with Crippen molar-refractivity contribution in [3.8, 4) is 11.5 Å². The van der Waals surface area contributed by atoms with Gasteiger partial charge in [-0.25, -0.2) is 0 Å².